The predicted molar refractivity (Wildman–Crippen MR) is 592 cm³/mol. The molecule has 21 nitrogen and oxygen atoms in total. The summed E-state index contributed by atoms with van der Waals surface area (Å²) in [5.41, 5.74) is 30.0. The van der Waals surface area contributed by atoms with Crippen LogP contribution in [-0.2, 0) is 55.3 Å². The summed E-state index contributed by atoms with van der Waals surface area (Å²) in [5.74, 6) is 3.78. The molecule has 3 aliphatic rings. The molecule has 2 aliphatic carbocycles. The number of hydrogen-bond acceptors (Lipinski definition) is 17. The number of amidine groups is 1. The zero-order chi connectivity index (χ0) is 102. The third kappa shape index (κ3) is 21.8. The first-order chi connectivity index (χ1) is 72.9. The number of tetrazole rings is 3. The van der Waals surface area contributed by atoms with Crippen molar-refractivity contribution in [2.24, 2.45) is 21.5 Å². The number of nitrogens with zero attached hydrogens (tertiary/aromatic N) is 15. The second-order valence-corrected chi connectivity index (χ2v) is 37.2. The van der Waals surface area contributed by atoms with E-state index in [1.807, 2.05) is 105 Å². The molecule has 4 N–H and O–H groups in total. The number of nitrogens with two attached hydrogens (primary N) is 2. The number of aliphatic imine (C=N–C) groups is 2. The Hall–Kier alpha value is -16.8. The van der Waals surface area contributed by atoms with E-state index in [-0.39, 0.29) is 11.9 Å². The molecule has 0 radical (unpaired) electrons. The van der Waals surface area contributed by atoms with Crippen molar-refractivity contribution < 1.29 is 19.1 Å². The van der Waals surface area contributed by atoms with E-state index in [1.54, 1.807) is 6.92 Å². The fourth-order valence-electron chi connectivity index (χ4n) is 20.9. The normalized spacial score (nSPS) is 13.6. The zero-order valence-electron chi connectivity index (χ0n) is 84.7. The number of carbonyl (C=O) groups is 2. The van der Waals surface area contributed by atoms with Gasteiger partial charge in [-0.15, -0.1) is 28.5 Å². The number of esters is 1. The highest BCUT2D eigenvalue weighted by Gasteiger charge is 2.51. The quantitative estimate of drug-likeness (QED) is 0.0130. The summed E-state index contributed by atoms with van der Waals surface area (Å²) in [4.78, 5) is 36.8. The van der Waals surface area contributed by atoms with Gasteiger partial charge in [-0.3, -0.25) is 24.5 Å². The van der Waals surface area contributed by atoms with Crippen LogP contribution in [-0.4, -0.2) is 113 Å². The average Bonchev–Trinajstić information content (AvgIpc) is 1.36. The number of hydrogen-bond donors (Lipinski definition) is 2. The van der Waals surface area contributed by atoms with Crippen molar-refractivity contribution in [3.63, 3.8) is 0 Å². The van der Waals surface area contributed by atoms with Crippen molar-refractivity contribution >= 4 is 23.6 Å². The monoisotopic (exact) mass is 1950 g/mol. The SMILES string of the molecule is C=C.CCCCC(=NCc1ccc(-c2ccccc2-c2nnnn2C(c2ccccc2)(c2ccccc2)c2ccccc2)cc1)OCC.CCCCC1=NC2(CCCC2)C(=O)N1Cc1ccc(-c2ccccc2-c2nnnn2C(c2ccccc2)(c2ccccc2)c2ccccc2)cc1.CCOC(=O)C1(N)CCCC1.NCc1ccc(-c2ccccc2-c2nnnn2C(c2ccccc2)(c2ccccc2)c2ccccc2)cc1. The number of unbranched alkanes of at least 4 members (excludes halogenated alkanes) is 2. The number of ether oxygens (including phenoxy) is 2. The third-order valence-electron chi connectivity index (χ3n) is 28.1. The Bertz CT molecular complexity index is 7040. The van der Waals surface area contributed by atoms with Crippen LogP contribution in [0.4, 0.5) is 0 Å². The minimum atomic E-state index is -0.852. The van der Waals surface area contributed by atoms with E-state index in [1.165, 1.54) is 0 Å². The van der Waals surface area contributed by atoms with Crippen LogP contribution >= 0.6 is 0 Å². The summed E-state index contributed by atoms with van der Waals surface area (Å²) in [6.45, 7) is 16.9. The van der Waals surface area contributed by atoms with Gasteiger partial charge in [0.25, 0.3) is 5.91 Å². The summed E-state index contributed by atoms with van der Waals surface area (Å²) in [6, 6.07) is 145. The van der Waals surface area contributed by atoms with Gasteiger partial charge in [-0.1, -0.05) is 471 Å². The van der Waals surface area contributed by atoms with Gasteiger partial charge in [0.1, 0.15) is 33.5 Å². The number of amides is 1. The van der Waals surface area contributed by atoms with Gasteiger partial charge in [0.2, 0.25) is 0 Å². The number of carbonyl (C=O) groups excluding carboxylic acids is 2. The lowest BCUT2D eigenvalue weighted by molar-refractivity contribution is -0.149. The Morgan fingerprint density at radius 2 is 0.642 bits per heavy atom. The molecule has 0 bridgehead atoms. The molecule has 2 saturated carbocycles. The molecule has 1 spiro atoms. The molecule has 0 atom stereocenters. The van der Waals surface area contributed by atoms with Crippen LogP contribution in [0.5, 0.6) is 0 Å². The summed E-state index contributed by atoms with van der Waals surface area (Å²) in [5, 5.41) is 41.1. The summed E-state index contributed by atoms with van der Waals surface area (Å²) < 4.78 is 16.6. The topological polar surface area (TPSA) is 263 Å². The molecule has 21 rings (SSSR count). The maximum absolute atomic E-state index is 13.8. The Kier molecular flexibility index (Phi) is 34.2. The standard InChI is InChI=1S/C44H42N6O.C40H39N5O.C33H27N5.C8H15NO2.C2H4/c1-2-3-25-40-45-43(30-15-16-31-43)42(51)49(40)32-33-26-28-34(29-27-33)38-23-13-14-24-39(38)41-46-47-48-50(41)44(35-17-7-4-8-18-35,36-19-9-5-10-20-36)37-21-11-6-12-22-37;1-3-5-25-38(46-4-2)41-30-31-26-28-32(29-27-31)36-23-15-16-24-37(36)39-42-43-44-45(39)40(33-17-9-6-10-18-33,34-19-11-7-12-20-34)35-21-13-8-14-22-35;34-24-25-20-22-26(23-21-25)30-18-10-11-19-31(30)32-35-36-37-38(32)33(27-12-4-1-5-13-27,28-14-6-2-7-15-28)29-16-8-3-9-17-29;1-2-11-7(10)8(9)5-3-4-6-8;1-2/h4-14,17-24,26-29H,2-3,15-16,25,30-32H2,1H3;6-24,26-29H,3-5,25,30H2,1-2H3;1-23H,24,34H2;2-6,9H2,1H3;1-2H2. The molecule has 1 amide bonds. The molecule has 18 aromatic rings. The van der Waals surface area contributed by atoms with Gasteiger partial charge in [0.15, 0.2) is 23.4 Å². The molecular formula is C127H127N17O4. The fraction of sp³-hybridized carbons (Fsp3) is 0.220. The van der Waals surface area contributed by atoms with Crippen molar-refractivity contribution in [2.45, 2.75) is 165 Å². The van der Waals surface area contributed by atoms with E-state index >= 15 is 0 Å². The molecule has 0 saturated heterocycles. The summed E-state index contributed by atoms with van der Waals surface area (Å²) >= 11 is 0. The smallest absolute Gasteiger partial charge is 0.326 e. The molecule has 3 aromatic heterocycles. The van der Waals surface area contributed by atoms with E-state index in [0.717, 1.165) is 218 Å². The van der Waals surface area contributed by atoms with Crippen LogP contribution < -0.4 is 11.5 Å². The van der Waals surface area contributed by atoms with E-state index in [4.69, 9.17) is 56.8 Å². The van der Waals surface area contributed by atoms with Gasteiger partial charge in [-0.2, -0.15) is 0 Å². The van der Waals surface area contributed by atoms with Crippen LogP contribution in [0.15, 0.2) is 442 Å². The molecule has 744 valence electrons. The Morgan fingerprint density at radius 1 is 0.358 bits per heavy atom. The molecular weight excluding hydrogens is 1830 g/mol. The maximum Gasteiger partial charge on any atom is 0.326 e. The zero-order valence-corrected chi connectivity index (χ0v) is 84.7. The first-order valence-electron chi connectivity index (χ1n) is 51.6. The highest BCUT2D eigenvalue weighted by atomic mass is 16.5. The highest BCUT2D eigenvalue weighted by Crippen LogP contribution is 2.49. The predicted octanol–water partition coefficient (Wildman–Crippen LogP) is 26.0. The van der Waals surface area contributed by atoms with Crippen molar-refractivity contribution in [1.82, 2.24) is 65.5 Å². The molecule has 148 heavy (non-hydrogen) atoms. The third-order valence-corrected chi connectivity index (χ3v) is 28.1. The second kappa shape index (κ2) is 49.2. The van der Waals surface area contributed by atoms with Crippen molar-refractivity contribution in [3.8, 4) is 67.5 Å². The fourth-order valence-corrected chi connectivity index (χ4v) is 20.9. The highest BCUT2D eigenvalue weighted by molar-refractivity contribution is 6.08. The van der Waals surface area contributed by atoms with Crippen molar-refractivity contribution in [1.29, 1.82) is 0 Å². The first-order valence-corrected chi connectivity index (χ1v) is 51.6. The van der Waals surface area contributed by atoms with Crippen molar-refractivity contribution in [3.05, 3.63) is 498 Å². The van der Waals surface area contributed by atoms with E-state index in [0.29, 0.717) is 50.3 Å². The van der Waals surface area contributed by atoms with E-state index in [2.05, 4.69) is 387 Å². The largest absolute Gasteiger partial charge is 0.481 e. The van der Waals surface area contributed by atoms with Crippen molar-refractivity contribution in [2.75, 3.05) is 13.2 Å². The Labute approximate surface area is 868 Å². The minimum absolute atomic E-state index is 0.186. The molecule has 1 aliphatic heterocycles. The molecule has 0 unspecified atom stereocenters. The van der Waals surface area contributed by atoms with Gasteiger partial charge in [0.05, 0.1) is 26.3 Å². The lowest BCUT2D eigenvalue weighted by Crippen LogP contribution is -2.46. The first kappa shape index (κ1) is 103. The van der Waals surface area contributed by atoms with Crippen LogP contribution in [0, 0.1) is 0 Å². The van der Waals surface area contributed by atoms with Gasteiger partial charge >= 0.3 is 5.97 Å². The molecule has 2 fully saturated rings. The second-order valence-electron chi connectivity index (χ2n) is 37.2. The summed E-state index contributed by atoms with van der Waals surface area (Å²) in [7, 11) is 0. The van der Waals surface area contributed by atoms with Gasteiger partial charge in [0, 0.05) is 36.1 Å². The molecule has 15 aromatic carbocycles. The van der Waals surface area contributed by atoms with Gasteiger partial charge in [-0.25, -0.2) is 14.0 Å². The summed E-state index contributed by atoms with van der Waals surface area (Å²) in [6.07, 6.45) is 13.6. The van der Waals surface area contributed by atoms with Crippen LogP contribution in [0.2, 0.25) is 0 Å². The lowest BCUT2D eigenvalue weighted by Gasteiger charge is -2.36. The van der Waals surface area contributed by atoms with E-state index in [9.17, 15) is 9.59 Å². The van der Waals surface area contributed by atoms with E-state index < -0.39 is 27.7 Å². The molecule has 4 heterocycles. The number of aromatic nitrogens is 12. The molecule has 21 heteroatoms. The van der Waals surface area contributed by atoms with Crippen LogP contribution in [0.25, 0.3) is 67.5 Å². The maximum atomic E-state index is 13.8. The lowest BCUT2D eigenvalue weighted by atomic mass is 9.77. The minimum Gasteiger partial charge on any atom is -0.481 e. The number of rotatable bonds is 32. The average molecular weight is 1960 g/mol. The Balaban J connectivity index is 0.000000144. The Morgan fingerprint density at radius 3 is 0.939 bits per heavy atom. The van der Waals surface area contributed by atoms with Crippen LogP contribution in [0.1, 0.15) is 184 Å². The number of benzene rings is 15. The van der Waals surface area contributed by atoms with Gasteiger partial charge < -0.3 is 20.9 Å². The van der Waals surface area contributed by atoms with Crippen LogP contribution in [0.3, 0.4) is 0 Å². The van der Waals surface area contributed by atoms with Gasteiger partial charge in [-0.05, 0) is 184 Å².